The van der Waals surface area contributed by atoms with Gasteiger partial charge in [-0.2, -0.15) is 15.5 Å². The SMILES string of the molecule is Cc1c(N[C@@H](C2=NN=C(c3ccc(F)c(F)c3)CC2)[C@@H](C)O)ccc(C#N)c1Cl. The van der Waals surface area contributed by atoms with E-state index in [1.807, 2.05) is 6.07 Å². The van der Waals surface area contributed by atoms with Crippen molar-refractivity contribution >= 4 is 28.7 Å². The molecule has 29 heavy (non-hydrogen) atoms. The van der Waals surface area contributed by atoms with Crippen molar-refractivity contribution in [3.8, 4) is 6.07 Å². The number of aliphatic hydroxyl groups excluding tert-OH is 1. The topological polar surface area (TPSA) is 80.8 Å². The first kappa shape index (κ1) is 20.9. The summed E-state index contributed by atoms with van der Waals surface area (Å²) in [5.74, 6) is -1.85. The summed E-state index contributed by atoms with van der Waals surface area (Å²) in [7, 11) is 0. The van der Waals surface area contributed by atoms with Crippen molar-refractivity contribution in [1.29, 1.82) is 5.26 Å². The highest BCUT2D eigenvalue weighted by molar-refractivity contribution is 6.32. The van der Waals surface area contributed by atoms with Gasteiger partial charge in [-0.15, -0.1) is 0 Å². The molecule has 0 aliphatic carbocycles. The number of benzene rings is 2. The largest absolute Gasteiger partial charge is 0.391 e. The summed E-state index contributed by atoms with van der Waals surface area (Å²) < 4.78 is 26.6. The fourth-order valence-corrected chi connectivity index (χ4v) is 3.35. The summed E-state index contributed by atoms with van der Waals surface area (Å²) in [5.41, 5.74) is 3.40. The standard InChI is InChI=1S/C21H19ClF2N4O/c1-11-17(6-4-14(10-25)20(11)22)26-21(12(2)29)19-8-7-18(27-28-19)13-3-5-15(23)16(24)9-13/h3-6,9,12,21,26,29H,7-8H2,1-2H3/t12-,21-/m1/s1. The van der Waals surface area contributed by atoms with E-state index in [9.17, 15) is 13.9 Å². The first-order valence-electron chi connectivity index (χ1n) is 9.04. The number of anilines is 1. The van der Waals surface area contributed by atoms with Gasteiger partial charge in [-0.25, -0.2) is 8.78 Å². The van der Waals surface area contributed by atoms with Gasteiger partial charge in [-0.1, -0.05) is 11.6 Å². The zero-order valence-electron chi connectivity index (χ0n) is 15.9. The molecule has 2 N–H and O–H groups in total. The van der Waals surface area contributed by atoms with Crippen LogP contribution < -0.4 is 5.32 Å². The molecule has 0 fully saturated rings. The van der Waals surface area contributed by atoms with Crippen molar-refractivity contribution in [3.05, 3.63) is 63.7 Å². The molecule has 2 aromatic carbocycles. The Morgan fingerprint density at radius 1 is 1.17 bits per heavy atom. The lowest BCUT2D eigenvalue weighted by atomic mass is 9.96. The Kier molecular flexibility index (Phi) is 6.26. The molecule has 3 rings (SSSR count). The maximum absolute atomic E-state index is 13.5. The molecule has 0 amide bonds. The molecule has 0 aromatic heterocycles. The van der Waals surface area contributed by atoms with E-state index in [0.717, 1.165) is 12.1 Å². The van der Waals surface area contributed by atoms with Crippen molar-refractivity contribution in [2.45, 2.75) is 38.8 Å². The lowest BCUT2D eigenvalue weighted by molar-refractivity contribution is 0.191. The van der Waals surface area contributed by atoms with E-state index in [-0.39, 0.29) is 0 Å². The van der Waals surface area contributed by atoms with Gasteiger partial charge in [0.25, 0.3) is 0 Å². The Morgan fingerprint density at radius 2 is 1.93 bits per heavy atom. The minimum atomic E-state index is -0.934. The van der Waals surface area contributed by atoms with Crippen LogP contribution in [-0.2, 0) is 0 Å². The van der Waals surface area contributed by atoms with Crippen molar-refractivity contribution in [2.75, 3.05) is 5.32 Å². The maximum atomic E-state index is 13.5. The number of rotatable bonds is 5. The van der Waals surface area contributed by atoms with Crippen LogP contribution in [0.4, 0.5) is 14.5 Å². The highest BCUT2D eigenvalue weighted by atomic mass is 35.5. The van der Waals surface area contributed by atoms with Crippen molar-refractivity contribution in [1.82, 2.24) is 0 Å². The van der Waals surface area contributed by atoms with E-state index in [2.05, 4.69) is 15.5 Å². The molecule has 0 spiro atoms. The van der Waals surface area contributed by atoms with Crippen LogP contribution in [0.2, 0.25) is 5.02 Å². The van der Waals surface area contributed by atoms with Crippen molar-refractivity contribution < 1.29 is 13.9 Å². The van der Waals surface area contributed by atoms with E-state index in [0.29, 0.717) is 51.7 Å². The molecule has 1 heterocycles. The molecule has 0 bridgehead atoms. The lowest BCUT2D eigenvalue weighted by Gasteiger charge is -2.26. The van der Waals surface area contributed by atoms with Crippen LogP contribution in [0.3, 0.4) is 0 Å². The smallest absolute Gasteiger partial charge is 0.159 e. The number of nitriles is 1. The second-order valence-electron chi connectivity index (χ2n) is 6.84. The Labute approximate surface area is 172 Å². The third-order valence-corrected chi connectivity index (χ3v) is 5.32. The van der Waals surface area contributed by atoms with Gasteiger partial charge >= 0.3 is 0 Å². The number of hydrogen-bond donors (Lipinski definition) is 2. The van der Waals surface area contributed by atoms with Crippen LogP contribution in [0.1, 0.15) is 36.5 Å². The number of aliphatic hydroxyl groups is 1. The fourth-order valence-electron chi connectivity index (χ4n) is 3.14. The second kappa shape index (κ2) is 8.68. The lowest BCUT2D eigenvalue weighted by Crippen LogP contribution is -2.40. The van der Waals surface area contributed by atoms with Crippen LogP contribution in [0.15, 0.2) is 40.5 Å². The second-order valence-corrected chi connectivity index (χ2v) is 7.22. The molecule has 0 radical (unpaired) electrons. The summed E-state index contributed by atoms with van der Waals surface area (Å²) in [6.07, 6.45) is 0.188. The van der Waals surface area contributed by atoms with Crippen molar-refractivity contribution in [3.63, 3.8) is 0 Å². The molecule has 1 aliphatic rings. The molecule has 2 atom stereocenters. The van der Waals surface area contributed by atoms with Gasteiger partial charge in [0, 0.05) is 11.3 Å². The summed E-state index contributed by atoms with van der Waals surface area (Å²) >= 11 is 6.22. The predicted molar refractivity (Wildman–Crippen MR) is 110 cm³/mol. The highest BCUT2D eigenvalue weighted by Gasteiger charge is 2.25. The Hall–Kier alpha value is -2.82. The number of nitrogens with zero attached hydrogens (tertiary/aromatic N) is 3. The summed E-state index contributed by atoms with van der Waals surface area (Å²) in [4.78, 5) is 0. The highest BCUT2D eigenvalue weighted by Crippen LogP contribution is 2.28. The van der Waals surface area contributed by atoms with Gasteiger partial charge in [0.05, 0.1) is 34.2 Å². The average Bonchev–Trinajstić information content (AvgIpc) is 2.71. The number of hydrogen-bond acceptors (Lipinski definition) is 5. The molecule has 0 saturated carbocycles. The van der Waals surface area contributed by atoms with Gasteiger partial charge in [0.1, 0.15) is 6.07 Å². The predicted octanol–water partition coefficient (Wildman–Crippen LogP) is 4.60. The van der Waals surface area contributed by atoms with Gasteiger partial charge in [-0.05, 0) is 62.6 Å². The molecule has 5 nitrogen and oxygen atoms in total. The molecule has 1 aliphatic heterocycles. The van der Waals surface area contributed by atoms with E-state index in [1.54, 1.807) is 26.0 Å². The average molecular weight is 417 g/mol. The molecule has 150 valence electrons. The Bertz CT molecular complexity index is 1040. The van der Waals surface area contributed by atoms with E-state index in [4.69, 9.17) is 16.9 Å². The van der Waals surface area contributed by atoms with Crippen LogP contribution in [0, 0.1) is 29.9 Å². The van der Waals surface area contributed by atoms with Crippen LogP contribution >= 0.6 is 11.6 Å². The molecule has 2 aromatic rings. The van der Waals surface area contributed by atoms with Crippen LogP contribution in [-0.4, -0.2) is 28.7 Å². The number of nitrogens with one attached hydrogen (secondary N) is 1. The Morgan fingerprint density at radius 3 is 2.52 bits per heavy atom. The van der Waals surface area contributed by atoms with Crippen LogP contribution in [0.5, 0.6) is 0 Å². The minimum absolute atomic E-state index is 0.353. The molecular formula is C21H19ClF2N4O. The third kappa shape index (κ3) is 4.44. The molecule has 0 saturated heterocycles. The Balaban J connectivity index is 1.86. The van der Waals surface area contributed by atoms with E-state index >= 15 is 0 Å². The zero-order valence-corrected chi connectivity index (χ0v) is 16.6. The third-order valence-electron chi connectivity index (χ3n) is 4.83. The van der Waals surface area contributed by atoms with Gasteiger partial charge in [-0.3, -0.25) is 0 Å². The normalized spacial score (nSPS) is 15.8. The summed E-state index contributed by atoms with van der Waals surface area (Å²) in [6, 6.07) is 8.47. The first-order chi connectivity index (χ1) is 13.8. The summed E-state index contributed by atoms with van der Waals surface area (Å²) in [6.45, 7) is 3.42. The fraction of sp³-hybridized carbons (Fsp3) is 0.286. The summed E-state index contributed by atoms with van der Waals surface area (Å²) in [5, 5.41) is 31.3. The van der Waals surface area contributed by atoms with E-state index in [1.165, 1.54) is 6.07 Å². The van der Waals surface area contributed by atoms with Gasteiger partial charge < -0.3 is 10.4 Å². The first-order valence-corrected chi connectivity index (χ1v) is 9.42. The molecular weight excluding hydrogens is 398 g/mol. The maximum Gasteiger partial charge on any atom is 0.159 e. The van der Waals surface area contributed by atoms with Gasteiger partial charge in [0.2, 0.25) is 0 Å². The van der Waals surface area contributed by atoms with Gasteiger partial charge in [0.15, 0.2) is 11.6 Å². The number of halogens is 3. The monoisotopic (exact) mass is 416 g/mol. The van der Waals surface area contributed by atoms with E-state index < -0.39 is 23.8 Å². The van der Waals surface area contributed by atoms with Crippen molar-refractivity contribution in [2.24, 2.45) is 10.2 Å². The zero-order chi connectivity index (χ0) is 21.1. The molecule has 8 heteroatoms. The quantitative estimate of drug-likeness (QED) is 0.747. The minimum Gasteiger partial charge on any atom is -0.391 e. The molecule has 0 unspecified atom stereocenters. The van der Waals surface area contributed by atoms with Crippen LogP contribution in [0.25, 0.3) is 0 Å².